The number of carboxylic acid groups (broad SMARTS) is 1. The molecule has 1 aromatic rings. The molecule has 96 valence electrons. The van der Waals surface area contributed by atoms with Crippen molar-refractivity contribution in [1.82, 2.24) is 5.32 Å². The Labute approximate surface area is 109 Å². The van der Waals surface area contributed by atoms with Crippen molar-refractivity contribution in [2.75, 3.05) is 11.4 Å². The van der Waals surface area contributed by atoms with Crippen molar-refractivity contribution in [3.63, 3.8) is 0 Å². The second-order valence-electron chi connectivity index (χ2n) is 4.09. The van der Waals surface area contributed by atoms with E-state index in [0.29, 0.717) is 23.7 Å². The Morgan fingerprint density at radius 3 is 2.89 bits per heavy atom. The number of para-hydroxylation sites is 1. The number of urea groups is 1. The van der Waals surface area contributed by atoms with Gasteiger partial charge in [-0.2, -0.15) is 0 Å². The van der Waals surface area contributed by atoms with Crippen LogP contribution in [0.15, 0.2) is 24.3 Å². The minimum Gasteiger partial charge on any atom is -0.481 e. The van der Waals surface area contributed by atoms with E-state index in [2.05, 4.69) is 5.32 Å². The number of carbonyl (C=O) groups excluding carboxylic acids is 1. The maximum absolute atomic E-state index is 11.8. The second kappa shape index (κ2) is 5.27. The molecule has 5 nitrogen and oxygen atoms in total. The summed E-state index contributed by atoms with van der Waals surface area (Å²) in [5.74, 6) is -0.867. The van der Waals surface area contributed by atoms with Crippen LogP contribution in [0.25, 0.3) is 0 Å². The van der Waals surface area contributed by atoms with Gasteiger partial charge in [-0.3, -0.25) is 9.69 Å². The van der Waals surface area contributed by atoms with E-state index < -0.39 is 5.97 Å². The number of aliphatic carboxylic acids is 1. The molecular weight excluding hydrogens is 256 g/mol. The Morgan fingerprint density at radius 1 is 1.50 bits per heavy atom. The van der Waals surface area contributed by atoms with Gasteiger partial charge in [0.15, 0.2) is 0 Å². The molecule has 1 fully saturated rings. The van der Waals surface area contributed by atoms with E-state index in [4.69, 9.17) is 16.7 Å². The number of amides is 2. The first-order valence-electron chi connectivity index (χ1n) is 5.63. The maximum Gasteiger partial charge on any atom is 0.322 e. The lowest BCUT2D eigenvalue weighted by atomic mass is 10.1. The Kier molecular flexibility index (Phi) is 3.72. The highest BCUT2D eigenvalue weighted by atomic mass is 35.5. The first-order chi connectivity index (χ1) is 8.59. The van der Waals surface area contributed by atoms with Crippen molar-refractivity contribution in [3.05, 3.63) is 29.3 Å². The van der Waals surface area contributed by atoms with E-state index in [9.17, 15) is 9.59 Å². The summed E-state index contributed by atoms with van der Waals surface area (Å²) >= 11 is 6.06. The van der Waals surface area contributed by atoms with Crippen molar-refractivity contribution < 1.29 is 14.7 Å². The Morgan fingerprint density at radius 2 is 2.22 bits per heavy atom. The minimum absolute atomic E-state index is 0.0284. The molecule has 18 heavy (non-hydrogen) atoms. The molecule has 1 aliphatic rings. The molecule has 0 spiro atoms. The van der Waals surface area contributed by atoms with Gasteiger partial charge in [-0.05, 0) is 18.6 Å². The molecule has 1 aliphatic heterocycles. The van der Waals surface area contributed by atoms with Crippen LogP contribution in [0, 0.1) is 0 Å². The molecular formula is C12H13ClN2O3. The van der Waals surface area contributed by atoms with Crippen LogP contribution in [-0.4, -0.2) is 29.7 Å². The van der Waals surface area contributed by atoms with Crippen molar-refractivity contribution >= 4 is 29.3 Å². The van der Waals surface area contributed by atoms with E-state index in [0.717, 1.165) is 0 Å². The molecule has 6 heteroatoms. The van der Waals surface area contributed by atoms with Gasteiger partial charge in [0, 0.05) is 13.0 Å². The number of anilines is 1. The molecule has 2 rings (SSSR count). The number of hydrogen-bond acceptors (Lipinski definition) is 2. The summed E-state index contributed by atoms with van der Waals surface area (Å²) in [6, 6.07) is 6.62. The van der Waals surface area contributed by atoms with E-state index in [1.807, 2.05) is 0 Å². The lowest BCUT2D eigenvalue weighted by molar-refractivity contribution is -0.137. The summed E-state index contributed by atoms with van der Waals surface area (Å²) in [7, 11) is 0. The van der Waals surface area contributed by atoms with Crippen molar-refractivity contribution in [2.45, 2.75) is 18.9 Å². The van der Waals surface area contributed by atoms with Gasteiger partial charge in [0.05, 0.1) is 16.8 Å². The molecule has 1 aromatic carbocycles. The van der Waals surface area contributed by atoms with Gasteiger partial charge in [-0.25, -0.2) is 4.79 Å². The fourth-order valence-corrected chi connectivity index (χ4v) is 2.25. The molecule has 0 aromatic heterocycles. The first kappa shape index (κ1) is 12.7. The van der Waals surface area contributed by atoms with Crippen LogP contribution in [0.3, 0.4) is 0 Å². The van der Waals surface area contributed by atoms with Crippen LogP contribution in [0.5, 0.6) is 0 Å². The number of carboxylic acids is 1. The summed E-state index contributed by atoms with van der Waals surface area (Å²) in [5.41, 5.74) is 0.615. The lowest BCUT2D eigenvalue weighted by Gasteiger charge is -2.23. The highest BCUT2D eigenvalue weighted by molar-refractivity contribution is 6.33. The zero-order chi connectivity index (χ0) is 13.1. The molecule has 0 aliphatic carbocycles. The number of nitrogens with one attached hydrogen (secondary N) is 1. The Bertz CT molecular complexity index is 478. The monoisotopic (exact) mass is 268 g/mol. The van der Waals surface area contributed by atoms with Gasteiger partial charge >= 0.3 is 12.0 Å². The zero-order valence-electron chi connectivity index (χ0n) is 9.60. The van der Waals surface area contributed by atoms with Crippen molar-refractivity contribution in [2.24, 2.45) is 0 Å². The van der Waals surface area contributed by atoms with Crippen LogP contribution in [0.2, 0.25) is 5.02 Å². The smallest absolute Gasteiger partial charge is 0.322 e. The van der Waals surface area contributed by atoms with Gasteiger partial charge in [-0.1, -0.05) is 23.7 Å². The van der Waals surface area contributed by atoms with Crippen molar-refractivity contribution in [1.29, 1.82) is 0 Å². The highest BCUT2D eigenvalue weighted by Crippen LogP contribution is 2.29. The first-order valence-corrected chi connectivity index (χ1v) is 6.01. The van der Waals surface area contributed by atoms with E-state index >= 15 is 0 Å². The molecule has 2 amide bonds. The van der Waals surface area contributed by atoms with Gasteiger partial charge in [0.2, 0.25) is 0 Å². The standard InChI is InChI=1S/C12H13ClN2O3/c13-9-3-1-2-4-10(9)15-8(5-6-11(16)17)7-14-12(15)18/h1-4,8H,5-7H2,(H,14,18)(H,16,17). The van der Waals surface area contributed by atoms with Gasteiger partial charge < -0.3 is 10.4 Å². The quantitative estimate of drug-likeness (QED) is 0.879. The normalized spacial score (nSPS) is 18.8. The van der Waals surface area contributed by atoms with Crippen LogP contribution < -0.4 is 10.2 Å². The summed E-state index contributed by atoms with van der Waals surface area (Å²) in [4.78, 5) is 23.9. The molecule has 1 saturated heterocycles. The van der Waals surface area contributed by atoms with Crippen molar-refractivity contribution in [3.8, 4) is 0 Å². The fraction of sp³-hybridized carbons (Fsp3) is 0.333. The second-order valence-corrected chi connectivity index (χ2v) is 4.50. The van der Waals surface area contributed by atoms with Gasteiger partial charge in [0.1, 0.15) is 0 Å². The predicted molar refractivity (Wildman–Crippen MR) is 68.0 cm³/mol. The molecule has 1 unspecified atom stereocenters. The number of halogens is 1. The van der Waals surface area contributed by atoms with Crippen LogP contribution in [0.1, 0.15) is 12.8 Å². The lowest BCUT2D eigenvalue weighted by Crippen LogP contribution is -2.34. The summed E-state index contributed by atoms with van der Waals surface area (Å²) < 4.78 is 0. The largest absolute Gasteiger partial charge is 0.481 e. The molecule has 1 heterocycles. The Hall–Kier alpha value is -1.75. The average molecular weight is 269 g/mol. The third kappa shape index (κ3) is 2.56. The number of hydrogen-bond donors (Lipinski definition) is 2. The number of rotatable bonds is 4. The van der Waals surface area contributed by atoms with E-state index in [1.54, 1.807) is 24.3 Å². The van der Waals surface area contributed by atoms with Crippen LogP contribution in [0.4, 0.5) is 10.5 Å². The zero-order valence-corrected chi connectivity index (χ0v) is 10.4. The Balaban J connectivity index is 2.20. The summed E-state index contributed by atoms with van der Waals surface area (Å²) in [6.07, 6.45) is 0.430. The predicted octanol–water partition coefficient (Wildman–Crippen LogP) is 2.10. The molecule has 0 radical (unpaired) electrons. The topological polar surface area (TPSA) is 69.6 Å². The summed E-state index contributed by atoms with van der Waals surface area (Å²) in [6.45, 7) is 0.442. The fourth-order valence-electron chi connectivity index (χ4n) is 2.02. The van der Waals surface area contributed by atoms with Gasteiger partial charge in [0.25, 0.3) is 0 Å². The number of benzene rings is 1. The molecule has 0 bridgehead atoms. The van der Waals surface area contributed by atoms with E-state index in [1.165, 1.54) is 4.90 Å². The number of nitrogens with zero attached hydrogens (tertiary/aromatic N) is 1. The third-order valence-electron chi connectivity index (χ3n) is 2.88. The third-order valence-corrected chi connectivity index (χ3v) is 3.20. The average Bonchev–Trinajstić information content (AvgIpc) is 2.69. The molecule has 2 N–H and O–H groups in total. The highest BCUT2D eigenvalue weighted by Gasteiger charge is 2.32. The van der Waals surface area contributed by atoms with Crippen LogP contribution >= 0.6 is 11.6 Å². The molecule has 1 atom stereocenters. The minimum atomic E-state index is -0.867. The SMILES string of the molecule is O=C(O)CCC1CNC(=O)N1c1ccccc1Cl. The molecule has 0 saturated carbocycles. The summed E-state index contributed by atoms with van der Waals surface area (Å²) in [5, 5.41) is 11.9. The van der Waals surface area contributed by atoms with Gasteiger partial charge in [-0.15, -0.1) is 0 Å². The number of carbonyl (C=O) groups is 2. The van der Waals surface area contributed by atoms with Crippen LogP contribution in [-0.2, 0) is 4.79 Å². The van der Waals surface area contributed by atoms with E-state index in [-0.39, 0.29) is 18.5 Å². The maximum atomic E-state index is 11.8.